The molecule has 78 heavy (non-hydrogen) atoms. The lowest BCUT2D eigenvalue weighted by Crippen LogP contribution is -2.56. The standard InChI is InChI=1S/C54H70N12O11S/c1-6-54(73)38-22-42-48-36(27-66(42)51(71)37(38)29-75-52(54)72)34(35-21-43-44(77-31-76-43)23-40(35)59-48)15-14-20-74-30-58-46(68)26-55-49(69)39(16-11-13-18-64(7-2)8-3)60-50(70)47(32(4)5)61-45(67)17-10-9-12-19-65-28-41(62-63-65)33-24-56-53(78)57-25-33/h21-25,28,32,39,47,73H,6-20,26-27,29-31H2,1-5H3,(H,55,69)(H,58,68)(H,60,70)(H,61,67)(H,56,57,78)/t39-,47-,54-/m0/s1. The number of rotatable bonds is 28. The van der Waals surface area contributed by atoms with Crippen LogP contribution in [0, 0.1) is 10.7 Å². The number of unbranched alkanes of at least 4 members (excludes halogenated alkanes) is 3. The van der Waals surface area contributed by atoms with Gasteiger partial charge in [-0.05, 0) is 107 Å². The number of benzene rings is 1. The van der Waals surface area contributed by atoms with E-state index in [1.807, 2.05) is 26.1 Å². The number of aromatic amines is 1. The first-order valence-corrected chi connectivity index (χ1v) is 27.3. The molecule has 3 aliphatic rings. The number of aliphatic hydroxyl groups is 1. The number of nitrogens with zero attached hydrogens (tertiary/aromatic N) is 7. The lowest BCUT2D eigenvalue weighted by atomic mass is 9.86. The fourth-order valence-electron chi connectivity index (χ4n) is 10.0. The monoisotopic (exact) mass is 1090 g/mol. The van der Waals surface area contributed by atoms with Crippen LogP contribution in [0.2, 0.25) is 0 Å². The second-order valence-corrected chi connectivity index (χ2v) is 20.5. The van der Waals surface area contributed by atoms with Gasteiger partial charge in [-0.25, -0.2) is 14.8 Å². The minimum atomic E-state index is -1.96. The Labute approximate surface area is 456 Å². The number of nitrogens with one attached hydrogen (secondary N) is 5. The van der Waals surface area contributed by atoms with Crippen LogP contribution in [0.15, 0.2) is 41.6 Å². The van der Waals surface area contributed by atoms with Crippen molar-refractivity contribution < 1.29 is 48.0 Å². The maximum absolute atomic E-state index is 13.9. The third kappa shape index (κ3) is 13.2. The number of aryl methyl sites for hydroxylation is 2. The highest BCUT2D eigenvalue weighted by molar-refractivity contribution is 7.71. The van der Waals surface area contributed by atoms with E-state index >= 15 is 0 Å². The maximum Gasteiger partial charge on any atom is 0.343 e. The number of hydrogen-bond acceptors (Lipinski definition) is 17. The number of cyclic esters (lactones) is 1. The molecule has 0 spiro atoms. The summed E-state index contributed by atoms with van der Waals surface area (Å²) in [5, 5.41) is 31.7. The Bertz CT molecular complexity index is 3120. The van der Waals surface area contributed by atoms with Crippen LogP contribution >= 0.6 is 12.2 Å². The van der Waals surface area contributed by atoms with Crippen LogP contribution in [0.25, 0.3) is 33.5 Å². The Morgan fingerprint density at radius 2 is 1.73 bits per heavy atom. The number of aromatic nitrogens is 7. The quantitative estimate of drug-likeness (QED) is 0.0175. The van der Waals surface area contributed by atoms with Crippen molar-refractivity contribution in [2.75, 3.05) is 46.3 Å². The first-order valence-electron chi connectivity index (χ1n) is 26.9. The van der Waals surface area contributed by atoms with Crippen molar-refractivity contribution in [3.8, 4) is 34.1 Å². The predicted octanol–water partition coefficient (Wildman–Crippen LogP) is 4.06. The molecule has 0 radical (unpaired) electrons. The first-order chi connectivity index (χ1) is 37.6. The smallest absolute Gasteiger partial charge is 0.343 e. The van der Waals surface area contributed by atoms with Crippen molar-refractivity contribution >= 4 is 52.7 Å². The zero-order chi connectivity index (χ0) is 55.5. The summed E-state index contributed by atoms with van der Waals surface area (Å²) in [6, 6.07) is 3.51. The molecule has 4 amide bonds. The average Bonchev–Trinajstić information content (AvgIpc) is 4.21. The van der Waals surface area contributed by atoms with Gasteiger partial charge in [0.15, 0.2) is 21.9 Å². The molecule has 0 aliphatic carbocycles. The summed E-state index contributed by atoms with van der Waals surface area (Å²) in [7, 11) is 0. The second-order valence-electron chi connectivity index (χ2n) is 20.1. The van der Waals surface area contributed by atoms with E-state index in [-0.39, 0.29) is 81.2 Å². The van der Waals surface area contributed by atoms with Crippen LogP contribution in [0.4, 0.5) is 0 Å². The van der Waals surface area contributed by atoms with Gasteiger partial charge < -0.3 is 59.8 Å². The Hall–Kier alpha value is -7.15. The van der Waals surface area contributed by atoms with Crippen LogP contribution < -0.4 is 36.3 Å². The SMILES string of the molecule is CCN(CC)CCCC[C@H](NC(=O)[C@@H](NC(=O)CCCCCn1cc(-c2cnc(=S)[nH]c2)nn1)C(C)C)C(=O)NCC(=O)NCOCCCc1c2c(nc3cc4c(cc13)OCO4)-c1cc3c(c(=O)n1C2)COC(=O)[C@]3(O)CC. The Kier molecular flexibility index (Phi) is 19.0. The summed E-state index contributed by atoms with van der Waals surface area (Å²) in [5.41, 5.74) is 2.94. The zero-order valence-electron chi connectivity index (χ0n) is 44.9. The normalized spacial score (nSPS) is 15.9. The molecule has 23 nitrogen and oxygen atoms in total. The van der Waals surface area contributed by atoms with Crippen molar-refractivity contribution in [3.63, 3.8) is 0 Å². The van der Waals surface area contributed by atoms with Crippen molar-refractivity contribution in [2.45, 2.75) is 136 Å². The zero-order valence-corrected chi connectivity index (χ0v) is 45.7. The van der Waals surface area contributed by atoms with Gasteiger partial charge in [0, 0.05) is 60.1 Å². The van der Waals surface area contributed by atoms with Gasteiger partial charge in [-0.2, -0.15) is 0 Å². The summed E-state index contributed by atoms with van der Waals surface area (Å²) in [6.07, 6.45) is 10.3. The summed E-state index contributed by atoms with van der Waals surface area (Å²) < 4.78 is 26.2. The molecule has 7 heterocycles. The molecule has 8 rings (SSSR count). The molecule has 1 aromatic carbocycles. The van der Waals surface area contributed by atoms with E-state index in [9.17, 15) is 33.9 Å². The largest absolute Gasteiger partial charge is 0.458 e. The van der Waals surface area contributed by atoms with Gasteiger partial charge in [-0.3, -0.25) is 28.7 Å². The minimum absolute atomic E-state index is 0.0219. The van der Waals surface area contributed by atoms with E-state index in [0.717, 1.165) is 61.0 Å². The van der Waals surface area contributed by atoms with Crippen LogP contribution in [0.3, 0.4) is 0 Å². The number of H-pyrrole nitrogens is 1. The Morgan fingerprint density at radius 3 is 2.47 bits per heavy atom. The lowest BCUT2D eigenvalue weighted by molar-refractivity contribution is -0.172. The van der Waals surface area contributed by atoms with Crippen LogP contribution in [-0.2, 0) is 65.2 Å². The highest BCUT2D eigenvalue weighted by atomic mass is 32.1. The molecule has 6 N–H and O–H groups in total. The number of hydrogen-bond donors (Lipinski definition) is 6. The topological polar surface area (TPSA) is 288 Å². The lowest BCUT2D eigenvalue weighted by Gasteiger charge is -2.31. The highest BCUT2D eigenvalue weighted by Gasteiger charge is 2.45. The van der Waals surface area contributed by atoms with E-state index in [1.165, 1.54) is 0 Å². The molecule has 0 saturated carbocycles. The number of amides is 4. The molecule has 3 aliphatic heterocycles. The molecule has 5 aromatic rings. The Balaban J connectivity index is 0.818. The van der Waals surface area contributed by atoms with E-state index < -0.39 is 41.4 Å². The van der Waals surface area contributed by atoms with E-state index in [2.05, 4.69) is 60.3 Å². The molecule has 0 unspecified atom stereocenters. The van der Waals surface area contributed by atoms with Crippen molar-refractivity contribution in [1.82, 2.24) is 60.7 Å². The fraction of sp³-hybridized carbons (Fsp3) is 0.537. The van der Waals surface area contributed by atoms with Gasteiger partial charge in [0.2, 0.25) is 30.4 Å². The molecule has 3 atom stereocenters. The van der Waals surface area contributed by atoms with Crippen LogP contribution in [-0.4, -0.2) is 133 Å². The fourth-order valence-corrected chi connectivity index (χ4v) is 10.1. The number of carbonyl (C=O) groups excluding carboxylic acids is 5. The van der Waals surface area contributed by atoms with Crippen LogP contribution in [0.5, 0.6) is 11.5 Å². The van der Waals surface area contributed by atoms with Gasteiger partial charge in [0.25, 0.3) is 5.56 Å². The number of esters is 1. The van der Waals surface area contributed by atoms with Gasteiger partial charge in [0.1, 0.15) is 31.1 Å². The van der Waals surface area contributed by atoms with Gasteiger partial charge in [0.05, 0.1) is 41.8 Å². The molecule has 418 valence electrons. The number of ether oxygens (including phenoxy) is 4. The van der Waals surface area contributed by atoms with Gasteiger partial charge in [-0.15, -0.1) is 5.10 Å². The summed E-state index contributed by atoms with van der Waals surface area (Å²) in [6.45, 7) is 12.5. The number of fused-ring (bicyclic) bond motifs is 6. The Morgan fingerprint density at radius 1 is 0.936 bits per heavy atom. The van der Waals surface area contributed by atoms with Gasteiger partial charge in [-0.1, -0.05) is 46.3 Å². The molecular weight excluding hydrogens is 1020 g/mol. The molecule has 0 saturated heterocycles. The maximum atomic E-state index is 13.9. The molecule has 0 bridgehead atoms. The second kappa shape index (κ2) is 26.0. The number of pyridine rings is 2. The van der Waals surface area contributed by atoms with E-state index in [4.69, 9.17) is 36.1 Å². The predicted molar refractivity (Wildman–Crippen MR) is 288 cm³/mol. The van der Waals surface area contributed by atoms with Crippen molar-refractivity contribution in [3.05, 3.63) is 74.2 Å². The van der Waals surface area contributed by atoms with Crippen LogP contribution in [0.1, 0.15) is 115 Å². The molecule has 24 heteroatoms. The third-order valence-corrected chi connectivity index (χ3v) is 14.8. The summed E-state index contributed by atoms with van der Waals surface area (Å²) in [5.74, 6) is -1.74. The number of carbonyl (C=O) groups is 5. The highest BCUT2D eigenvalue weighted by Crippen LogP contribution is 2.43. The minimum Gasteiger partial charge on any atom is -0.458 e. The third-order valence-electron chi connectivity index (χ3n) is 14.6. The molecule has 4 aromatic heterocycles. The van der Waals surface area contributed by atoms with Crippen molar-refractivity contribution in [2.24, 2.45) is 5.92 Å². The molecular formula is C54H70N12O11S. The van der Waals surface area contributed by atoms with E-state index in [1.54, 1.807) is 40.7 Å². The van der Waals surface area contributed by atoms with Gasteiger partial charge >= 0.3 is 5.97 Å². The summed E-state index contributed by atoms with van der Waals surface area (Å²) in [4.78, 5) is 94.7. The molecule has 0 fully saturated rings. The van der Waals surface area contributed by atoms with Crippen molar-refractivity contribution in [1.29, 1.82) is 0 Å². The van der Waals surface area contributed by atoms with E-state index in [0.29, 0.717) is 77.5 Å². The average molecular weight is 1100 g/mol. The first kappa shape index (κ1) is 57.0. The summed E-state index contributed by atoms with van der Waals surface area (Å²) >= 11 is 5.01.